The van der Waals surface area contributed by atoms with Crippen molar-refractivity contribution in [2.75, 3.05) is 17.6 Å². The zero-order valence-corrected chi connectivity index (χ0v) is 16.9. The molecule has 1 heterocycles. The molecule has 0 saturated heterocycles. The first-order valence-corrected chi connectivity index (χ1v) is 10.7. The highest BCUT2D eigenvalue weighted by Crippen LogP contribution is 2.40. The van der Waals surface area contributed by atoms with E-state index in [4.69, 9.17) is 0 Å². The lowest BCUT2D eigenvalue weighted by atomic mass is 9.69. The van der Waals surface area contributed by atoms with E-state index in [1.54, 1.807) is 0 Å². The predicted molar refractivity (Wildman–Crippen MR) is 103 cm³/mol. The Morgan fingerprint density at radius 2 is 1.96 bits per heavy atom. The molecule has 1 aromatic rings. The second-order valence-electron chi connectivity index (χ2n) is 7.15. The van der Waals surface area contributed by atoms with Crippen molar-refractivity contribution < 1.29 is 4.79 Å². The molecule has 2 N–H and O–H groups in total. The lowest BCUT2D eigenvalue weighted by molar-refractivity contribution is -0.119. The van der Waals surface area contributed by atoms with Crippen LogP contribution in [0.1, 0.15) is 59.8 Å². The van der Waals surface area contributed by atoms with Gasteiger partial charge in [0.05, 0.1) is 5.75 Å². The molecule has 0 aromatic carbocycles. The van der Waals surface area contributed by atoms with Gasteiger partial charge in [-0.25, -0.2) is 0 Å². The normalized spacial score (nSPS) is 21.5. The number of nitrogens with one attached hydrogen (secondary N) is 2. The van der Waals surface area contributed by atoms with Crippen molar-refractivity contribution in [2.24, 2.45) is 11.3 Å². The van der Waals surface area contributed by atoms with Crippen LogP contribution >= 0.6 is 23.1 Å². The first kappa shape index (κ1) is 19.5. The van der Waals surface area contributed by atoms with Gasteiger partial charge in [0.15, 0.2) is 4.34 Å². The number of aromatic nitrogens is 2. The summed E-state index contributed by atoms with van der Waals surface area (Å²) in [6.45, 7) is 9.88. The standard InChI is InChI=1S/C17H30N4OS2/c1-5-17(3,4)12-7-9-13(10-8-12)19-14(22)11-23-16-21-20-15(24-16)18-6-2/h12-13H,5-11H2,1-4H3,(H,18,20)(H,19,22). The molecule has 0 bridgehead atoms. The molecule has 1 aliphatic carbocycles. The van der Waals surface area contributed by atoms with Gasteiger partial charge in [0.2, 0.25) is 11.0 Å². The van der Waals surface area contributed by atoms with E-state index < -0.39 is 0 Å². The molecule has 1 fully saturated rings. The van der Waals surface area contributed by atoms with Gasteiger partial charge < -0.3 is 10.6 Å². The molecule has 1 aliphatic rings. The molecule has 0 unspecified atom stereocenters. The molecule has 1 amide bonds. The third-order valence-electron chi connectivity index (χ3n) is 5.17. The Morgan fingerprint density at radius 3 is 2.58 bits per heavy atom. The molecular weight excluding hydrogens is 340 g/mol. The summed E-state index contributed by atoms with van der Waals surface area (Å²) in [5.41, 5.74) is 0.424. The summed E-state index contributed by atoms with van der Waals surface area (Å²) in [4.78, 5) is 12.2. The Hall–Kier alpha value is -0.820. The van der Waals surface area contributed by atoms with Gasteiger partial charge in [-0.3, -0.25) is 4.79 Å². The van der Waals surface area contributed by atoms with Crippen molar-refractivity contribution in [3.8, 4) is 0 Å². The predicted octanol–water partition coefficient (Wildman–Crippen LogP) is 4.17. The van der Waals surface area contributed by atoms with E-state index in [2.05, 4.69) is 41.6 Å². The number of nitrogens with zero attached hydrogens (tertiary/aromatic N) is 2. The molecule has 2 rings (SSSR count). The molecule has 0 atom stereocenters. The van der Waals surface area contributed by atoms with E-state index in [1.165, 1.54) is 42.4 Å². The van der Waals surface area contributed by atoms with Gasteiger partial charge in [0.25, 0.3) is 0 Å². The molecule has 7 heteroatoms. The average molecular weight is 371 g/mol. The molecule has 0 radical (unpaired) electrons. The van der Waals surface area contributed by atoms with Crippen molar-refractivity contribution in [2.45, 2.75) is 70.2 Å². The van der Waals surface area contributed by atoms with Crippen LogP contribution < -0.4 is 10.6 Å². The first-order valence-electron chi connectivity index (χ1n) is 8.94. The lowest BCUT2D eigenvalue weighted by Crippen LogP contribution is -2.40. The fraction of sp³-hybridized carbons (Fsp3) is 0.824. The van der Waals surface area contributed by atoms with Gasteiger partial charge in [0.1, 0.15) is 0 Å². The van der Waals surface area contributed by atoms with Gasteiger partial charge in [-0.1, -0.05) is 50.3 Å². The Labute approximate surface area is 153 Å². The van der Waals surface area contributed by atoms with E-state index in [0.29, 0.717) is 17.2 Å². The summed E-state index contributed by atoms with van der Waals surface area (Å²) in [6.07, 6.45) is 5.88. The molecule has 136 valence electrons. The second-order valence-corrected chi connectivity index (χ2v) is 9.35. The maximum Gasteiger partial charge on any atom is 0.230 e. The number of carbonyl (C=O) groups is 1. The molecule has 0 spiro atoms. The monoisotopic (exact) mass is 370 g/mol. The van der Waals surface area contributed by atoms with Crippen molar-refractivity contribution in [1.82, 2.24) is 15.5 Å². The Kier molecular flexibility index (Phi) is 7.34. The minimum Gasteiger partial charge on any atom is -0.360 e. The summed E-state index contributed by atoms with van der Waals surface area (Å²) in [7, 11) is 0. The molecule has 0 aliphatic heterocycles. The van der Waals surface area contributed by atoms with Crippen molar-refractivity contribution in [3.63, 3.8) is 0 Å². The fourth-order valence-corrected chi connectivity index (χ4v) is 4.83. The summed E-state index contributed by atoms with van der Waals surface area (Å²) in [5, 5.41) is 15.3. The van der Waals surface area contributed by atoms with Crippen LogP contribution in [0.4, 0.5) is 5.13 Å². The van der Waals surface area contributed by atoms with Crippen LogP contribution in [0.15, 0.2) is 4.34 Å². The Morgan fingerprint density at radius 1 is 1.25 bits per heavy atom. The van der Waals surface area contributed by atoms with Gasteiger partial charge in [-0.15, -0.1) is 10.2 Å². The minimum absolute atomic E-state index is 0.110. The van der Waals surface area contributed by atoms with Crippen molar-refractivity contribution in [3.05, 3.63) is 0 Å². The highest BCUT2D eigenvalue weighted by Gasteiger charge is 2.32. The number of hydrogen-bond donors (Lipinski definition) is 2. The summed E-state index contributed by atoms with van der Waals surface area (Å²) in [6, 6.07) is 0.341. The van der Waals surface area contributed by atoms with Crippen LogP contribution in [0.5, 0.6) is 0 Å². The second kappa shape index (κ2) is 9.04. The lowest BCUT2D eigenvalue weighted by Gasteiger charge is -2.39. The number of hydrogen-bond acceptors (Lipinski definition) is 6. The highest BCUT2D eigenvalue weighted by atomic mass is 32.2. The van der Waals surface area contributed by atoms with Gasteiger partial charge in [-0.2, -0.15) is 0 Å². The van der Waals surface area contributed by atoms with Gasteiger partial charge in [0, 0.05) is 12.6 Å². The molecule has 1 aromatic heterocycles. The van der Waals surface area contributed by atoms with Gasteiger partial charge in [-0.05, 0) is 43.9 Å². The van der Waals surface area contributed by atoms with Crippen LogP contribution in [-0.4, -0.2) is 34.4 Å². The molecule has 24 heavy (non-hydrogen) atoms. The first-order chi connectivity index (χ1) is 11.4. The maximum atomic E-state index is 12.2. The number of carbonyl (C=O) groups excluding carboxylic acids is 1. The van der Waals surface area contributed by atoms with Crippen molar-refractivity contribution >= 4 is 34.1 Å². The van der Waals surface area contributed by atoms with E-state index in [0.717, 1.165) is 34.8 Å². The minimum atomic E-state index is 0.110. The average Bonchev–Trinajstić information content (AvgIpc) is 3.01. The van der Waals surface area contributed by atoms with E-state index in [9.17, 15) is 4.79 Å². The fourth-order valence-electron chi connectivity index (χ4n) is 3.20. The molecule has 1 saturated carbocycles. The smallest absolute Gasteiger partial charge is 0.230 e. The molecule has 5 nitrogen and oxygen atoms in total. The van der Waals surface area contributed by atoms with Gasteiger partial charge >= 0.3 is 0 Å². The number of thioether (sulfide) groups is 1. The van der Waals surface area contributed by atoms with Crippen LogP contribution in [0, 0.1) is 11.3 Å². The zero-order valence-electron chi connectivity index (χ0n) is 15.2. The molecular formula is C17H30N4OS2. The van der Waals surface area contributed by atoms with E-state index in [-0.39, 0.29) is 5.91 Å². The highest BCUT2D eigenvalue weighted by molar-refractivity contribution is 8.01. The number of anilines is 1. The third-order valence-corrected chi connectivity index (χ3v) is 7.18. The largest absolute Gasteiger partial charge is 0.360 e. The van der Waals surface area contributed by atoms with Crippen molar-refractivity contribution in [1.29, 1.82) is 0 Å². The topological polar surface area (TPSA) is 66.9 Å². The number of amides is 1. The maximum absolute atomic E-state index is 12.2. The Balaban J connectivity index is 1.69. The summed E-state index contributed by atoms with van der Waals surface area (Å²) < 4.78 is 0.842. The number of rotatable bonds is 8. The third kappa shape index (κ3) is 5.62. The zero-order chi connectivity index (χ0) is 17.6. The quantitative estimate of drug-likeness (QED) is 0.672. The van der Waals surface area contributed by atoms with E-state index >= 15 is 0 Å². The summed E-state index contributed by atoms with van der Waals surface area (Å²) in [5.74, 6) is 1.32. The van der Waals surface area contributed by atoms with Crippen LogP contribution in [0.3, 0.4) is 0 Å². The SMILES string of the molecule is CCNc1nnc(SCC(=O)NC2CCC(C(C)(C)CC)CC2)s1. The van der Waals surface area contributed by atoms with Crippen LogP contribution in [0.2, 0.25) is 0 Å². The van der Waals surface area contributed by atoms with Crippen LogP contribution in [0.25, 0.3) is 0 Å². The Bertz CT molecular complexity index is 524. The van der Waals surface area contributed by atoms with Crippen LogP contribution in [-0.2, 0) is 4.79 Å². The summed E-state index contributed by atoms with van der Waals surface area (Å²) >= 11 is 2.97. The van der Waals surface area contributed by atoms with E-state index in [1.807, 2.05) is 6.92 Å².